The van der Waals surface area contributed by atoms with Crippen LogP contribution < -0.4 is 0 Å². The molecular formula is C27H30ClFN2O2. The third kappa shape index (κ3) is 5.79. The van der Waals surface area contributed by atoms with Gasteiger partial charge in [0, 0.05) is 30.5 Å². The molecule has 0 radical (unpaired) electrons. The molecule has 0 atom stereocenters. The van der Waals surface area contributed by atoms with E-state index < -0.39 is 0 Å². The van der Waals surface area contributed by atoms with Crippen LogP contribution in [0.2, 0.25) is 5.02 Å². The average Bonchev–Trinajstić information content (AvgIpc) is 2.82. The number of fused-ring (bicyclic) bond motifs is 1. The zero-order chi connectivity index (χ0) is 24.0. The molecule has 0 saturated carbocycles. The predicted molar refractivity (Wildman–Crippen MR) is 132 cm³/mol. The van der Waals surface area contributed by atoms with Crippen LogP contribution in [0.3, 0.4) is 0 Å². The number of amides is 1. The van der Waals surface area contributed by atoms with Crippen molar-refractivity contribution in [3.63, 3.8) is 0 Å². The van der Waals surface area contributed by atoms with E-state index in [0.717, 1.165) is 47.8 Å². The maximum Gasteiger partial charge on any atom is 0.223 e. The number of likely N-dealkylation sites (tertiary alicyclic amines) is 1. The van der Waals surface area contributed by atoms with Crippen LogP contribution in [0.15, 0.2) is 60.7 Å². The first-order chi connectivity index (χ1) is 15.9. The molecule has 3 aromatic carbocycles. The summed E-state index contributed by atoms with van der Waals surface area (Å²) in [5.74, 6) is -0.152. The Morgan fingerprint density at radius 1 is 1.09 bits per heavy atom. The van der Waals surface area contributed by atoms with Crippen molar-refractivity contribution in [2.75, 3.05) is 27.2 Å². The van der Waals surface area contributed by atoms with E-state index in [4.69, 9.17) is 16.4 Å². The standard InChI is InChI=1S/C26H28ClFN2O.CH2O/c1-29-13-11-26(12-14-29,21-7-9-23(28)10-8-21)17-25(31)30(2)18-20-16-22(27)15-19-5-3-4-6-24(19)20;1-2/h3-10,15-16H,11-14,17-18H2,1-2H3;1H2. The summed E-state index contributed by atoms with van der Waals surface area (Å²) in [6, 6.07) is 18.7. The lowest BCUT2D eigenvalue weighted by atomic mass is 9.70. The van der Waals surface area contributed by atoms with Crippen molar-refractivity contribution in [1.29, 1.82) is 0 Å². The highest BCUT2D eigenvalue weighted by molar-refractivity contribution is 6.31. The minimum absolute atomic E-state index is 0.0953. The molecule has 1 fully saturated rings. The van der Waals surface area contributed by atoms with E-state index in [1.807, 2.05) is 56.3 Å². The van der Waals surface area contributed by atoms with Crippen molar-refractivity contribution >= 4 is 35.1 Å². The van der Waals surface area contributed by atoms with Crippen molar-refractivity contribution < 1.29 is 14.0 Å². The lowest BCUT2D eigenvalue weighted by Crippen LogP contribution is -2.44. The first-order valence-corrected chi connectivity index (χ1v) is 11.4. The molecule has 6 heteroatoms. The van der Waals surface area contributed by atoms with Gasteiger partial charge in [0.15, 0.2) is 0 Å². The smallest absolute Gasteiger partial charge is 0.223 e. The number of halogens is 2. The van der Waals surface area contributed by atoms with E-state index in [0.29, 0.717) is 18.0 Å². The molecular weight excluding hydrogens is 439 g/mol. The second kappa shape index (κ2) is 10.9. The minimum Gasteiger partial charge on any atom is -0.341 e. The van der Waals surface area contributed by atoms with Crippen LogP contribution in [0, 0.1) is 5.82 Å². The maximum absolute atomic E-state index is 13.5. The normalized spacial score (nSPS) is 15.5. The molecule has 1 amide bonds. The zero-order valence-electron chi connectivity index (χ0n) is 19.2. The Balaban J connectivity index is 0.00000149. The predicted octanol–water partition coefficient (Wildman–Crippen LogP) is 5.46. The fraction of sp³-hybridized carbons (Fsp3) is 0.333. The average molecular weight is 469 g/mol. The molecule has 1 aliphatic heterocycles. The summed E-state index contributed by atoms with van der Waals surface area (Å²) in [6.07, 6.45) is 2.19. The summed E-state index contributed by atoms with van der Waals surface area (Å²) < 4.78 is 13.5. The highest BCUT2D eigenvalue weighted by atomic mass is 35.5. The van der Waals surface area contributed by atoms with E-state index in [1.165, 1.54) is 12.1 Å². The number of hydrogen-bond donors (Lipinski definition) is 0. The molecule has 0 aromatic heterocycles. The Kier molecular flexibility index (Phi) is 8.22. The van der Waals surface area contributed by atoms with Crippen molar-refractivity contribution in [3.05, 3.63) is 82.6 Å². The third-order valence-electron chi connectivity index (χ3n) is 6.64. The highest BCUT2D eigenvalue weighted by Crippen LogP contribution is 2.39. The van der Waals surface area contributed by atoms with Gasteiger partial charge in [-0.15, -0.1) is 0 Å². The molecule has 33 heavy (non-hydrogen) atoms. The van der Waals surface area contributed by atoms with E-state index in [2.05, 4.69) is 18.0 Å². The number of benzene rings is 3. The summed E-state index contributed by atoms with van der Waals surface area (Å²) in [6.45, 7) is 4.35. The molecule has 0 spiro atoms. The van der Waals surface area contributed by atoms with Crippen molar-refractivity contribution in [2.45, 2.75) is 31.2 Å². The summed E-state index contributed by atoms with van der Waals surface area (Å²) in [7, 11) is 3.96. The number of rotatable bonds is 5. The van der Waals surface area contributed by atoms with Crippen LogP contribution in [0.4, 0.5) is 4.39 Å². The molecule has 1 heterocycles. The molecule has 4 rings (SSSR count). The number of piperidine rings is 1. The van der Waals surface area contributed by atoms with Crippen LogP contribution >= 0.6 is 11.6 Å². The molecule has 0 unspecified atom stereocenters. The van der Waals surface area contributed by atoms with Gasteiger partial charge in [-0.05, 0) is 79.1 Å². The lowest BCUT2D eigenvalue weighted by molar-refractivity contribution is -0.132. The summed E-state index contributed by atoms with van der Waals surface area (Å²) >= 11 is 6.33. The fourth-order valence-corrected chi connectivity index (χ4v) is 4.92. The summed E-state index contributed by atoms with van der Waals surface area (Å²) in [5, 5.41) is 2.86. The minimum atomic E-state index is -0.262. The molecule has 174 valence electrons. The van der Waals surface area contributed by atoms with Gasteiger partial charge in [-0.1, -0.05) is 48.0 Å². The molecule has 1 saturated heterocycles. The largest absolute Gasteiger partial charge is 0.341 e. The van der Waals surface area contributed by atoms with Crippen LogP contribution in [0.5, 0.6) is 0 Å². The molecule has 0 bridgehead atoms. The topological polar surface area (TPSA) is 40.6 Å². The van der Waals surface area contributed by atoms with Gasteiger partial charge in [-0.2, -0.15) is 0 Å². The second-order valence-corrected chi connectivity index (χ2v) is 9.24. The Morgan fingerprint density at radius 2 is 1.73 bits per heavy atom. The van der Waals surface area contributed by atoms with Gasteiger partial charge in [-0.3, -0.25) is 4.79 Å². The van der Waals surface area contributed by atoms with Crippen molar-refractivity contribution in [3.8, 4) is 0 Å². The van der Waals surface area contributed by atoms with Gasteiger partial charge < -0.3 is 14.6 Å². The number of carbonyl (C=O) groups is 2. The Hall–Kier alpha value is -2.76. The van der Waals surface area contributed by atoms with E-state index >= 15 is 0 Å². The van der Waals surface area contributed by atoms with Crippen LogP contribution in [0.1, 0.15) is 30.4 Å². The highest BCUT2D eigenvalue weighted by Gasteiger charge is 2.38. The van der Waals surface area contributed by atoms with Gasteiger partial charge in [-0.25, -0.2) is 4.39 Å². The van der Waals surface area contributed by atoms with E-state index in [9.17, 15) is 9.18 Å². The first kappa shape index (κ1) is 24.9. The van der Waals surface area contributed by atoms with Crippen LogP contribution in [-0.2, 0) is 21.5 Å². The summed E-state index contributed by atoms with van der Waals surface area (Å²) in [5.41, 5.74) is 1.83. The van der Waals surface area contributed by atoms with Gasteiger partial charge in [0.25, 0.3) is 0 Å². The number of carbonyl (C=O) groups excluding carboxylic acids is 2. The van der Waals surface area contributed by atoms with E-state index in [-0.39, 0.29) is 17.1 Å². The molecule has 0 aliphatic carbocycles. The zero-order valence-corrected chi connectivity index (χ0v) is 19.9. The Bertz CT molecular complexity index is 1090. The fourth-order valence-electron chi connectivity index (χ4n) is 4.67. The molecule has 0 N–H and O–H groups in total. The van der Waals surface area contributed by atoms with Gasteiger partial charge >= 0.3 is 0 Å². The Morgan fingerprint density at radius 3 is 2.39 bits per heavy atom. The van der Waals surface area contributed by atoms with Gasteiger partial charge in [0.05, 0.1) is 0 Å². The van der Waals surface area contributed by atoms with Crippen LogP contribution in [0.25, 0.3) is 10.8 Å². The second-order valence-electron chi connectivity index (χ2n) is 8.80. The molecule has 1 aliphatic rings. The quantitative estimate of drug-likeness (QED) is 0.499. The monoisotopic (exact) mass is 468 g/mol. The number of nitrogens with zero attached hydrogens (tertiary/aromatic N) is 2. The van der Waals surface area contributed by atoms with Gasteiger partial charge in [0.2, 0.25) is 5.91 Å². The SMILES string of the molecule is C=O.CN1CCC(CC(=O)N(C)Cc2cc(Cl)cc3ccccc23)(c2ccc(F)cc2)CC1. The van der Waals surface area contributed by atoms with Crippen molar-refractivity contribution in [1.82, 2.24) is 9.80 Å². The van der Waals surface area contributed by atoms with E-state index in [1.54, 1.807) is 4.90 Å². The molecule has 3 aromatic rings. The van der Waals surface area contributed by atoms with Gasteiger partial charge in [0.1, 0.15) is 12.6 Å². The summed E-state index contributed by atoms with van der Waals surface area (Å²) in [4.78, 5) is 25.4. The number of hydrogen-bond acceptors (Lipinski definition) is 3. The molecule has 4 nitrogen and oxygen atoms in total. The third-order valence-corrected chi connectivity index (χ3v) is 6.85. The maximum atomic E-state index is 13.5. The first-order valence-electron chi connectivity index (χ1n) is 11.0. The lowest BCUT2D eigenvalue weighted by Gasteiger charge is -2.41. The Labute approximate surface area is 199 Å². The van der Waals surface area contributed by atoms with Crippen molar-refractivity contribution in [2.24, 2.45) is 0 Å². The van der Waals surface area contributed by atoms with Crippen LogP contribution in [-0.4, -0.2) is 49.7 Å².